The number of hydrogen-bond donors (Lipinski definition) is 2. The van der Waals surface area contributed by atoms with Crippen LogP contribution in [0.25, 0.3) is 0 Å². The van der Waals surface area contributed by atoms with Crippen LogP contribution in [-0.4, -0.2) is 19.6 Å². The van der Waals surface area contributed by atoms with E-state index in [2.05, 4.69) is 5.32 Å². The SMILES string of the molecule is COc1ccccc1OCC(=O)Nc1ccc(C)c(N)c1. The number of aryl methyl sites for hydroxylation is 1. The molecule has 0 aliphatic rings. The first-order valence-corrected chi connectivity index (χ1v) is 6.52. The first-order chi connectivity index (χ1) is 10.1. The fourth-order valence-electron chi connectivity index (χ4n) is 1.80. The highest BCUT2D eigenvalue weighted by molar-refractivity contribution is 5.92. The third-order valence-electron chi connectivity index (χ3n) is 2.99. The number of ether oxygens (including phenoxy) is 2. The summed E-state index contributed by atoms with van der Waals surface area (Å²) in [6, 6.07) is 12.5. The van der Waals surface area contributed by atoms with Gasteiger partial charge in [0.05, 0.1) is 7.11 Å². The molecule has 0 radical (unpaired) electrons. The van der Waals surface area contributed by atoms with Gasteiger partial charge >= 0.3 is 0 Å². The van der Waals surface area contributed by atoms with Crippen molar-refractivity contribution in [3.05, 3.63) is 48.0 Å². The van der Waals surface area contributed by atoms with Gasteiger partial charge in [0, 0.05) is 11.4 Å². The fourth-order valence-corrected chi connectivity index (χ4v) is 1.80. The number of nitrogen functional groups attached to an aromatic ring is 1. The zero-order valence-electron chi connectivity index (χ0n) is 12.1. The molecule has 1 amide bonds. The summed E-state index contributed by atoms with van der Waals surface area (Å²) >= 11 is 0. The van der Waals surface area contributed by atoms with Gasteiger partial charge in [-0.15, -0.1) is 0 Å². The molecule has 5 heteroatoms. The summed E-state index contributed by atoms with van der Waals surface area (Å²) in [6.07, 6.45) is 0. The van der Waals surface area contributed by atoms with Gasteiger partial charge in [0.15, 0.2) is 18.1 Å². The number of anilines is 2. The van der Waals surface area contributed by atoms with Crippen molar-refractivity contribution in [2.75, 3.05) is 24.8 Å². The minimum Gasteiger partial charge on any atom is -0.493 e. The molecule has 110 valence electrons. The molecule has 0 aliphatic carbocycles. The number of amides is 1. The highest BCUT2D eigenvalue weighted by atomic mass is 16.5. The molecule has 0 fully saturated rings. The summed E-state index contributed by atoms with van der Waals surface area (Å²) < 4.78 is 10.6. The molecule has 0 aromatic heterocycles. The Morgan fingerprint density at radius 2 is 1.90 bits per heavy atom. The first-order valence-electron chi connectivity index (χ1n) is 6.52. The van der Waals surface area contributed by atoms with E-state index in [1.54, 1.807) is 31.4 Å². The van der Waals surface area contributed by atoms with Gasteiger partial charge in [0.2, 0.25) is 0 Å². The van der Waals surface area contributed by atoms with Gasteiger partial charge in [0.1, 0.15) is 0 Å². The Bertz CT molecular complexity index is 641. The van der Waals surface area contributed by atoms with E-state index < -0.39 is 0 Å². The number of para-hydroxylation sites is 2. The Labute approximate surface area is 123 Å². The van der Waals surface area contributed by atoms with Gasteiger partial charge in [-0.3, -0.25) is 4.79 Å². The lowest BCUT2D eigenvalue weighted by atomic mass is 10.2. The van der Waals surface area contributed by atoms with Gasteiger partial charge in [-0.25, -0.2) is 0 Å². The lowest BCUT2D eigenvalue weighted by molar-refractivity contribution is -0.118. The van der Waals surface area contributed by atoms with E-state index in [0.717, 1.165) is 5.56 Å². The van der Waals surface area contributed by atoms with Crippen LogP contribution in [-0.2, 0) is 4.79 Å². The van der Waals surface area contributed by atoms with Crippen molar-refractivity contribution in [3.8, 4) is 11.5 Å². The van der Waals surface area contributed by atoms with Gasteiger partial charge < -0.3 is 20.5 Å². The third kappa shape index (κ3) is 3.89. The van der Waals surface area contributed by atoms with Crippen molar-refractivity contribution in [2.24, 2.45) is 0 Å². The minimum atomic E-state index is -0.260. The molecule has 2 aromatic carbocycles. The normalized spacial score (nSPS) is 10.0. The third-order valence-corrected chi connectivity index (χ3v) is 2.99. The van der Waals surface area contributed by atoms with Crippen LogP contribution in [0, 0.1) is 6.92 Å². The molecule has 0 saturated heterocycles. The zero-order chi connectivity index (χ0) is 15.2. The summed E-state index contributed by atoms with van der Waals surface area (Å²) in [5.74, 6) is 0.854. The number of nitrogens with one attached hydrogen (secondary N) is 1. The van der Waals surface area contributed by atoms with E-state index in [4.69, 9.17) is 15.2 Å². The second kappa shape index (κ2) is 6.65. The molecule has 0 saturated carbocycles. The second-order valence-electron chi connectivity index (χ2n) is 4.56. The lowest BCUT2D eigenvalue weighted by Gasteiger charge is -2.11. The Kier molecular flexibility index (Phi) is 4.66. The van der Waals surface area contributed by atoms with Gasteiger partial charge in [0.25, 0.3) is 5.91 Å². The molecule has 0 bridgehead atoms. The molecule has 0 spiro atoms. The van der Waals surface area contributed by atoms with E-state index in [0.29, 0.717) is 22.9 Å². The smallest absolute Gasteiger partial charge is 0.262 e. The molecule has 0 aliphatic heterocycles. The summed E-state index contributed by atoms with van der Waals surface area (Å²) in [7, 11) is 1.55. The Morgan fingerprint density at radius 1 is 1.19 bits per heavy atom. The van der Waals surface area contributed by atoms with E-state index in [1.807, 2.05) is 25.1 Å². The van der Waals surface area contributed by atoms with Gasteiger partial charge in [-0.05, 0) is 36.8 Å². The summed E-state index contributed by atoms with van der Waals surface area (Å²) in [6.45, 7) is 1.81. The Balaban J connectivity index is 1.94. The van der Waals surface area contributed by atoms with Crippen LogP contribution >= 0.6 is 0 Å². The Hall–Kier alpha value is -2.69. The molecule has 2 rings (SSSR count). The van der Waals surface area contributed by atoms with Crippen molar-refractivity contribution in [3.63, 3.8) is 0 Å². The monoisotopic (exact) mass is 286 g/mol. The van der Waals surface area contributed by atoms with Crippen molar-refractivity contribution < 1.29 is 14.3 Å². The quantitative estimate of drug-likeness (QED) is 0.829. The number of methoxy groups -OCH3 is 1. The van der Waals surface area contributed by atoms with E-state index in [9.17, 15) is 4.79 Å². The Morgan fingerprint density at radius 3 is 2.57 bits per heavy atom. The largest absolute Gasteiger partial charge is 0.493 e. The molecule has 21 heavy (non-hydrogen) atoms. The maximum absolute atomic E-state index is 11.9. The highest BCUT2D eigenvalue weighted by Gasteiger charge is 2.07. The van der Waals surface area contributed by atoms with Crippen LogP contribution in [0.3, 0.4) is 0 Å². The van der Waals surface area contributed by atoms with Crippen LogP contribution in [0.15, 0.2) is 42.5 Å². The maximum Gasteiger partial charge on any atom is 0.262 e. The number of carbonyl (C=O) groups is 1. The van der Waals surface area contributed by atoms with Gasteiger partial charge in [-0.1, -0.05) is 18.2 Å². The zero-order valence-corrected chi connectivity index (χ0v) is 12.1. The minimum absolute atomic E-state index is 0.103. The topological polar surface area (TPSA) is 73.6 Å². The highest BCUT2D eigenvalue weighted by Crippen LogP contribution is 2.25. The summed E-state index contributed by atoms with van der Waals surface area (Å²) in [5.41, 5.74) is 8.05. The van der Waals surface area contributed by atoms with Crippen LogP contribution in [0.1, 0.15) is 5.56 Å². The van der Waals surface area contributed by atoms with E-state index in [1.165, 1.54) is 0 Å². The van der Waals surface area contributed by atoms with E-state index >= 15 is 0 Å². The first kappa shape index (κ1) is 14.7. The summed E-state index contributed by atoms with van der Waals surface area (Å²) in [4.78, 5) is 11.9. The number of nitrogens with two attached hydrogens (primary N) is 1. The maximum atomic E-state index is 11.9. The number of hydrogen-bond acceptors (Lipinski definition) is 4. The standard InChI is InChI=1S/C16H18N2O3/c1-11-7-8-12(9-13(11)17)18-16(19)10-21-15-6-4-3-5-14(15)20-2/h3-9H,10,17H2,1-2H3,(H,18,19). The van der Waals surface area contributed by atoms with Gasteiger partial charge in [-0.2, -0.15) is 0 Å². The molecular formula is C16H18N2O3. The van der Waals surface area contributed by atoms with Crippen molar-refractivity contribution in [1.29, 1.82) is 0 Å². The molecule has 0 atom stereocenters. The fraction of sp³-hybridized carbons (Fsp3) is 0.188. The average molecular weight is 286 g/mol. The molecule has 2 aromatic rings. The summed E-state index contributed by atoms with van der Waals surface area (Å²) in [5, 5.41) is 2.73. The predicted octanol–water partition coefficient (Wildman–Crippen LogP) is 2.60. The van der Waals surface area contributed by atoms with Crippen LogP contribution in [0.2, 0.25) is 0 Å². The lowest BCUT2D eigenvalue weighted by Crippen LogP contribution is -2.20. The molecule has 0 unspecified atom stereocenters. The number of benzene rings is 2. The molecular weight excluding hydrogens is 268 g/mol. The average Bonchev–Trinajstić information content (AvgIpc) is 2.49. The number of rotatable bonds is 5. The van der Waals surface area contributed by atoms with Crippen molar-refractivity contribution >= 4 is 17.3 Å². The van der Waals surface area contributed by atoms with Crippen molar-refractivity contribution in [2.45, 2.75) is 6.92 Å². The number of carbonyl (C=O) groups excluding carboxylic acids is 1. The van der Waals surface area contributed by atoms with E-state index in [-0.39, 0.29) is 12.5 Å². The van der Waals surface area contributed by atoms with Crippen LogP contribution in [0.4, 0.5) is 11.4 Å². The predicted molar refractivity (Wildman–Crippen MR) is 82.7 cm³/mol. The molecule has 0 heterocycles. The molecule has 3 N–H and O–H groups in total. The van der Waals surface area contributed by atoms with Crippen LogP contribution < -0.4 is 20.5 Å². The molecule has 5 nitrogen and oxygen atoms in total. The van der Waals surface area contributed by atoms with Crippen LogP contribution in [0.5, 0.6) is 11.5 Å². The second-order valence-corrected chi connectivity index (χ2v) is 4.56. The van der Waals surface area contributed by atoms with Crippen molar-refractivity contribution in [1.82, 2.24) is 0 Å².